The molecule has 0 radical (unpaired) electrons. The van der Waals surface area contributed by atoms with Crippen LogP contribution in [0.4, 0.5) is 0 Å². The van der Waals surface area contributed by atoms with Crippen LogP contribution in [-0.4, -0.2) is 35.6 Å². The van der Waals surface area contributed by atoms with E-state index in [4.69, 9.17) is 9.52 Å². The second-order valence-electron chi connectivity index (χ2n) is 6.58. The number of aliphatic hydroxyl groups is 1. The number of hydrogen-bond donors (Lipinski definition) is 1. The molecule has 1 fully saturated rings. The zero-order chi connectivity index (χ0) is 16.3. The van der Waals surface area contributed by atoms with Crippen molar-refractivity contribution in [3.8, 4) is 0 Å². The van der Waals surface area contributed by atoms with Gasteiger partial charge in [-0.25, -0.2) is 4.79 Å². The number of amides is 1. The van der Waals surface area contributed by atoms with E-state index in [9.17, 15) is 9.59 Å². The summed E-state index contributed by atoms with van der Waals surface area (Å²) in [6.45, 7) is 7.18. The molecule has 0 spiro atoms. The fraction of sp³-hybridized carbons (Fsp3) is 0.647. The molecule has 0 aliphatic carbocycles. The normalized spacial score (nSPS) is 18.2. The van der Waals surface area contributed by atoms with Gasteiger partial charge in [-0.1, -0.05) is 13.8 Å². The first-order chi connectivity index (χ1) is 10.4. The molecule has 5 heteroatoms. The molecule has 1 aliphatic heterocycles. The van der Waals surface area contributed by atoms with Crippen LogP contribution in [0.25, 0.3) is 0 Å². The van der Waals surface area contributed by atoms with Crippen molar-refractivity contribution in [1.82, 2.24) is 4.90 Å². The van der Waals surface area contributed by atoms with E-state index in [0.717, 1.165) is 12.8 Å². The lowest BCUT2D eigenvalue weighted by Gasteiger charge is -2.17. The summed E-state index contributed by atoms with van der Waals surface area (Å²) in [5.74, 6) is 1.01. The van der Waals surface area contributed by atoms with E-state index in [0.29, 0.717) is 36.8 Å². The Morgan fingerprint density at radius 1 is 1.50 bits per heavy atom. The van der Waals surface area contributed by atoms with Gasteiger partial charge < -0.3 is 14.4 Å². The van der Waals surface area contributed by atoms with Crippen LogP contribution >= 0.6 is 0 Å². The SMILES string of the molecule is Cc1cc(CCC(C)C)oc(=O)c1C(=O)N1CCC(CO)C1. The Morgan fingerprint density at radius 2 is 2.23 bits per heavy atom. The van der Waals surface area contributed by atoms with Gasteiger partial charge in [-0.3, -0.25) is 4.79 Å². The fourth-order valence-electron chi connectivity index (χ4n) is 2.81. The molecule has 1 aromatic rings. The van der Waals surface area contributed by atoms with Crippen LogP contribution in [0.3, 0.4) is 0 Å². The molecular weight excluding hydrogens is 282 g/mol. The van der Waals surface area contributed by atoms with Crippen LogP contribution in [0, 0.1) is 18.8 Å². The Bertz CT molecular complexity index is 591. The van der Waals surface area contributed by atoms with Gasteiger partial charge in [0.15, 0.2) is 0 Å². The molecule has 22 heavy (non-hydrogen) atoms. The smallest absolute Gasteiger partial charge is 0.349 e. The Balaban J connectivity index is 2.18. The highest BCUT2D eigenvalue weighted by molar-refractivity contribution is 5.95. The molecule has 1 amide bonds. The van der Waals surface area contributed by atoms with E-state index in [1.807, 2.05) is 0 Å². The summed E-state index contributed by atoms with van der Waals surface area (Å²) in [7, 11) is 0. The molecule has 0 bridgehead atoms. The molecule has 0 saturated carbocycles. The summed E-state index contributed by atoms with van der Waals surface area (Å²) in [6.07, 6.45) is 2.43. The number of aryl methyl sites for hydroxylation is 2. The van der Waals surface area contributed by atoms with Crippen LogP contribution < -0.4 is 5.63 Å². The standard InChI is InChI=1S/C17H25NO4/c1-11(2)4-5-14-8-12(3)15(17(21)22-14)16(20)18-7-6-13(9-18)10-19/h8,11,13,19H,4-7,9-10H2,1-3H3. The van der Waals surface area contributed by atoms with Crippen LogP contribution in [0.15, 0.2) is 15.3 Å². The largest absolute Gasteiger partial charge is 0.427 e. The van der Waals surface area contributed by atoms with Crippen molar-refractivity contribution >= 4 is 5.91 Å². The molecule has 2 rings (SSSR count). The van der Waals surface area contributed by atoms with Crippen molar-refractivity contribution in [2.45, 2.75) is 40.0 Å². The highest BCUT2D eigenvalue weighted by Crippen LogP contribution is 2.19. The van der Waals surface area contributed by atoms with Crippen LogP contribution in [-0.2, 0) is 6.42 Å². The van der Waals surface area contributed by atoms with Crippen LogP contribution in [0.2, 0.25) is 0 Å². The van der Waals surface area contributed by atoms with E-state index in [1.54, 1.807) is 17.9 Å². The van der Waals surface area contributed by atoms with Gasteiger partial charge in [0.25, 0.3) is 5.91 Å². The molecule has 5 nitrogen and oxygen atoms in total. The molecule has 1 unspecified atom stereocenters. The Labute approximate surface area is 130 Å². The Hall–Kier alpha value is -1.62. The van der Waals surface area contributed by atoms with E-state index < -0.39 is 5.63 Å². The zero-order valence-corrected chi connectivity index (χ0v) is 13.6. The van der Waals surface area contributed by atoms with Gasteiger partial charge >= 0.3 is 5.63 Å². The third-order valence-electron chi connectivity index (χ3n) is 4.21. The lowest BCUT2D eigenvalue weighted by Crippen LogP contribution is -2.33. The van der Waals surface area contributed by atoms with E-state index in [-0.39, 0.29) is 24.0 Å². The number of carbonyl (C=O) groups excluding carboxylic acids is 1. The molecule has 0 aromatic carbocycles. The number of likely N-dealkylation sites (tertiary alicyclic amines) is 1. The first-order valence-corrected chi connectivity index (χ1v) is 7.96. The van der Waals surface area contributed by atoms with Gasteiger partial charge in [0.05, 0.1) is 0 Å². The zero-order valence-electron chi connectivity index (χ0n) is 13.6. The average Bonchev–Trinajstić information content (AvgIpc) is 2.93. The second-order valence-corrected chi connectivity index (χ2v) is 6.58. The van der Waals surface area contributed by atoms with Crippen LogP contribution in [0.1, 0.15) is 48.4 Å². The van der Waals surface area contributed by atoms with Crippen molar-refractivity contribution in [2.75, 3.05) is 19.7 Å². The third kappa shape index (κ3) is 3.77. The van der Waals surface area contributed by atoms with Crippen LogP contribution in [0.5, 0.6) is 0 Å². The molecule has 1 aliphatic rings. The van der Waals surface area contributed by atoms with Gasteiger partial charge in [-0.2, -0.15) is 0 Å². The number of hydrogen-bond acceptors (Lipinski definition) is 4. The average molecular weight is 307 g/mol. The van der Waals surface area contributed by atoms with Gasteiger partial charge in [0.1, 0.15) is 11.3 Å². The first-order valence-electron chi connectivity index (χ1n) is 7.96. The predicted octanol–water partition coefficient (Wildman–Crippen LogP) is 1.99. The summed E-state index contributed by atoms with van der Waals surface area (Å²) >= 11 is 0. The number of rotatable bonds is 5. The van der Waals surface area contributed by atoms with Crippen molar-refractivity contribution in [1.29, 1.82) is 0 Å². The maximum Gasteiger partial charge on any atom is 0.349 e. The van der Waals surface area contributed by atoms with Crippen molar-refractivity contribution in [3.63, 3.8) is 0 Å². The third-order valence-corrected chi connectivity index (χ3v) is 4.21. The quantitative estimate of drug-likeness (QED) is 0.903. The summed E-state index contributed by atoms with van der Waals surface area (Å²) in [4.78, 5) is 26.3. The summed E-state index contributed by atoms with van der Waals surface area (Å²) in [5, 5.41) is 9.17. The molecule has 1 saturated heterocycles. The monoisotopic (exact) mass is 307 g/mol. The van der Waals surface area contributed by atoms with Gasteiger partial charge in [-0.05, 0) is 37.3 Å². The summed E-state index contributed by atoms with van der Waals surface area (Å²) < 4.78 is 5.32. The molecule has 1 N–H and O–H groups in total. The molecule has 2 heterocycles. The van der Waals surface area contributed by atoms with Crippen molar-refractivity contribution in [3.05, 3.63) is 33.4 Å². The van der Waals surface area contributed by atoms with Crippen molar-refractivity contribution < 1.29 is 14.3 Å². The molecule has 122 valence electrons. The van der Waals surface area contributed by atoms with Gasteiger partial charge in [0.2, 0.25) is 0 Å². The number of carbonyl (C=O) groups is 1. The fourth-order valence-corrected chi connectivity index (χ4v) is 2.81. The minimum Gasteiger partial charge on any atom is -0.427 e. The Morgan fingerprint density at radius 3 is 2.77 bits per heavy atom. The molecular formula is C17H25NO4. The molecule has 1 aromatic heterocycles. The highest BCUT2D eigenvalue weighted by atomic mass is 16.4. The van der Waals surface area contributed by atoms with E-state index in [2.05, 4.69) is 13.8 Å². The minimum atomic E-state index is -0.545. The predicted molar refractivity (Wildman–Crippen MR) is 84.0 cm³/mol. The van der Waals surface area contributed by atoms with E-state index in [1.165, 1.54) is 0 Å². The van der Waals surface area contributed by atoms with Gasteiger partial charge in [-0.15, -0.1) is 0 Å². The first kappa shape index (κ1) is 16.7. The topological polar surface area (TPSA) is 70.8 Å². The maximum absolute atomic E-state index is 12.5. The van der Waals surface area contributed by atoms with Gasteiger partial charge in [0, 0.05) is 32.0 Å². The summed E-state index contributed by atoms with van der Waals surface area (Å²) in [6, 6.07) is 1.80. The highest BCUT2D eigenvalue weighted by Gasteiger charge is 2.29. The van der Waals surface area contributed by atoms with Crippen molar-refractivity contribution in [2.24, 2.45) is 11.8 Å². The summed E-state index contributed by atoms with van der Waals surface area (Å²) in [5.41, 5.74) is 0.260. The Kier molecular flexibility index (Phi) is 5.40. The lowest BCUT2D eigenvalue weighted by atomic mass is 10.0. The van der Waals surface area contributed by atoms with E-state index >= 15 is 0 Å². The number of nitrogens with zero attached hydrogens (tertiary/aromatic N) is 1. The maximum atomic E-state index is 12.5. The second kappa shape index (κ2) is 7.09. The number of aliphatic hydroxyl groups excluding tert-OH is 1. The minimum absolute atomic E-state index is 0.0749. The molecule has 1 atom stereocenters. The lowest BCUT2D eigenvalue weighted by molar-refractivity contribution is 0.0776.